The summed E-state index contributed by atoms with van der Waals surface area (Å²) in [6.07, 6.45) is 5.62. The molecule has 0 aromatic heterocycles. The average molecular weight is 502 g/mol. The van der Waals surface area contributed by atoms with E-state index in [4.69, 9.17) is 14.2 Å². The van der Waals surface area contributed by atoms with Crippen LogP contribution in [0.4, 0.5) is 0 Å². The Balaban J connectivity index is 1.44. The number of hydrogen-bond acceptors (Lipinski definition) is 5. The third kappa shape index (κ3) is 11.1. The molecule has 6 heteroatoms. The maximum absolute atomic E-state index is 12.5. The van der Waals surface area contributed by atoms with Crippen LogP contribution < -0.4 is 10.1 Å². The van der Waals surface area contributed by atoms with Crippen molar-refractivity contribution >= 4 is 11.9 Å². The summed E-state index contributed by atoms with van der Waals surface area (Å²) in [5, 5.41) is 2.98. The van der Waals surface area contributed by atoms with Gasteiger partial charge in [0.25, 0.3) is 0 Å². The summed E-state index contributed by atoms with van der Waals surface area (Å²) in [4.78, 5) is 24.1. The second-order valence-electron chi connectivity index (χ2n) is 8.63. The maximum atomic E-state index is 12.5. The van der Waals surface area contributed by atoms with E-state index in [1.54, 1.807) is 6.08 Å². The highest BCUT2D eigenvalue weighted by Gasteiger charge is 2.12. The maximum Gasteiger partial charge on any atom is 0.330 e. The normalized spacial score (nSPS) is 11.7. The molecule has 3 aromatic rings. The van der Waals surface area contributed by atoms with Crippen molar-refractivity contribution in [3.8, 4) is 5.75 Å². The molecule has 0 saturated heterocycles. The molecule has 1 N–H and O–H groups in total. The predicted molar refractivity (Wildman–Crippen MR) is 144 cm³/mol. The molecule has 1 amide bonds. The summed E-state index contributed by atoms with van der Waals surface area (Å²) in [5.74, 6) is 0.166. The Bertz CT molecular complexity index is 1100. The standard InChI is InChI=1S/C31H35NO5/c1-35-31(34)19-16-28(32-30(33)20-22-36-21-8-13-25-9-4-2-5-10-25)23-26-14-17-29(18-15-26)37-24-27-11-6-3-7-12-27/h2-7,9-12,14-19,28H,8,13,20-24H2,1H3,(H,32,33)/b19-16+/t28-/m1/s1. The smallest absolute Gasteiger partial charge is 0.330 e. The number of nitrogens with one attached hydrogen (secondary N) is 1. The first-order valence-corrected chi connectivity index (χ1v) is 12.5. The van der Waals surface area contributed by atoms with Gasteiger partial charge in [0.2, 0.25) is 5.91 Å². The van der Waals surface area contributed by atoms with Crippen LogP contribution in [0.5, 0.6) is 5.75 Å². The van der Waals surface area contributed by atoms with E-state index in [1.807, 2.05) is 72.8 Å². The summed E-state index contributed by atoms with van der Waals surface area (Å²) in [6, 6.07) is 27.6. The number of carbonyl (C=O) groups excluding carboxylic acids is 2. The fraction of sp³-hybridized carbons (Fsp3) is 0.290. The van der Waals surface area contributed by atoms with Gasteiger partial charge in [-0.25, -0.2) is 4.79 Å². The van der Waals surface area contributed by atoms with Crippen molar-refractivity contribution in [2.24, 2.45) is 0 Å². The van der Waals surface area contributed by atoms with Gasteiger partial charge in [-0.3, -0.25) is 4.79 Å². The second-order valence-corrected chi connectivity index (χ2v) is 8.63. The van der Waals surface area contributed by atoms with Crippen molar-refractivity contribution in [3.05, 3.63) is 114 Å². The summed E-state index contributed by atoms with van der Waals surface area (Å²) in [6.45, 7) is 1.45. The topological polar surface area (TPSA) is 73.9 Å². The third-order valence-electron chi connectivity index (χ3n) is 5.71. The van der Waals surface area contributed by atoms with Crippen LogP contribution in [0.1, 0.15) is 29.5 Å². The van der Waals surface area contributed by atoms with Crippen LogP contribution in [0.2, 0.25) is 0 Å². The molecule has 0 aliphatic heterocycles. The van der Waals surface area contributed by atoms with Gasteiger partial charge in [0.1, 0.15) is 12.4 Å². The number of carbonyl (C=O) groups is 2. The lowest BCUT2D eigenvalue weighted by Crippen LogP contribution is -2.35. The lowest BCUT2D eigenvalue weighted by atomic mass is 10.0. The van der Waals surface area contributed by atoms with Crippen LogP contribution in [0.15, 0.2) is 97.1 Å². The Labute approximate surface area is 219 Å². The van der Waals surface area contributed by atoms with E-state index in [2.05, 4.69) is 17.4 Å². The lowest BCUT2D eigenvalue weighted by molar-refractivity contribution is -0.135. The Hall–Kier alpha value is -3.90. The zero-order valence-electron chi connectivity index (χ0n) is 21.3. The van der Waals surface area contributed by atoms with Crippen molar-refractivity contribution in [2.45, 2.75) is 38.3 Å². The number of rotatable bonds is 15. The van der Waals surface area contributed by atoms with Crippen molar-refractivity contribution in [2.75, 3.05) is 20.3 Å². The molecule has 3 rings (SSSR count). The number of amides is 1. The molecule has 6 nitrogen and oxygen atoms in total. The summed E-state index contributed by atoms with van der Waals surface area (Å²) in [7, 11) is 1.32. The molecule has 0 unspecified atom stereocenters. The molecule has 1 atom stereocenters. The number of aryl methyl sites for hydroxylation is 1. The molecular formula is C31H35NO5. The number of hydrogen-bond donors (Lipinski definition) is 1. The fourth-order valence-electron chi connectivity index (χ4n) is 3.72. The molecule has 0 saturated carbocycles. The highest BCUT2D eigenvalue weighted by atomic mass is 16.5. The van der Waals surface area contributed by atoms with Crippen molar-refractivity contribution in [1.82, 2.24) is 5.32 Å². The van der Waals surface area contributed by atoms with Gasteiger partial charge in [-0.05, 0) is 48.1 Å². The molecular weight excluding hydrogens is 466 g/mol. The van der Waals surface area contributed by atoms with Gasteiger partial charge in [-0.1, -0.05) is 78.9 Å². The van der Waals surface area contributed by atoms with Crippen LogP contribution in [-0.2, 0) is 38.5 Å². The first-order valence-electron chi connectivity index (χ1n) is 12.5. The molecule has 0 aliphatic carbocycles. The van der Waals surface area contributed by atoms with Crippen LogP contribution in [0.3, 0.4) is 0 Å². The van der Waals surface area contributed by atoms with E-state index in [-0.39, 0.29) is 18.4 Å². The van der Waals surface area contributed by atoms with Crippen LogP contribution in [-0.4, -0.2) is 38.2 Å². The first-order chi connectivity index (χ1) is 18.1. The number of esters is 1. The molecule has 0 aliphatic rings. The number of benzene rings is 3. The minimum atomic E-state index is -0.467. The molecule has 0 bridgehead atoms. The van der Waals surface area contributed by atoms with Gasteiger partial charge in [0.05, 0.1) is 19.8 Å². The molecule has 0 spiro atoms. The highest BCUT2D eigenvalue weighted by molar-refractivity contribution is 5.82. The summed E-state index contributed by atoms with van der Waals surface area (Å²) >= 11 is 0. The lowest BCUT2D eigenvalue weighted by Gasteiger charge is -2.16. The van der Waals surface area contributed by atoms with E-state index < -0.39 is 5.97 Å². The second kappa shape index (κ2) is 16.0. The Morgan fingerprint density at radius 3 is 2.19 bits per heavy atom. The van der Waals surface area contributed by atoms with Gasteiger partial charge in [-0.15, -0.1) is 0 Å². The van der Waals surface area contributed by atoms with E-state index in [9.17, 15) is 9.59 Å². The SMILES string of the molecule is COC(=O)/C=C/[C@H](Cc1ccc(OCc2ccccc2)cc1)NC(=O)CCOCCCc1ccccc1. The first kappa shape index (κ1) is 27.7. The predicted octanol–water partition coefficient (Wildman–Crippen LogP) is 5.06. The van der Waals surface area contributed by atoms with Crippen molar-refractivity contribution in [1.29, 1.82) is 0 Å². The minimum Gasteiger partial charge on any atom is -0.489 e. The Morgan fingerprint density at radius 2 is 1.51 bits per heavy atom. The van der Waals surface area contributed by atoms with Gasteiger partial charge in [0.15, 0.2) is 0 Å². The largest absolute Gasteiger partial charge is 0.489 e. The highest BCUT2D eigenvalue weighted by Crippen LogP contribution is 2.16. The van der Waals surface area contributed by atoms with E-state index in [1.165, 1.54) is 18.7 Å². The van der Waals surface area contributed by atoms with E-state index in [0.717, 1.165) is 29.7 Å². The molecule has 194 valence electrons. The van der Waals surface area contributed by atoms with Crippen molar-refractivity contribution < 1.29 is 23.8 Å². The zero-order chi connectivity index (χ0) is 26.1. The fourth-order valence-corrected chi connectivity index (χ4v) is 3.72. The molecule has 0 radical (unpaired) electrons. The minimum absolute atomic E-state index is 0.134. The van der Waals surface area contributed by atoms with E-state index in [0.29, 0.717) is 26.2 Å². The van der Waals surface area contributed by atoms with Crippen LogP contribution >= 0.6 is 0 Å². The van der Waals surface area contributed by atoms with Crippen LogP contribution in [0, 0.1) is 0 Å². The van der Waals surface area contributed by atoms with E-state index >= 15 is 0 Å². The molecule has 0 heterocycles. The van der Waals surface area contributed by atoms with Crippen molar-refractivity contribution in [3.63, 3.8) is 0 Å². The van der Waals surface area contributed by atoms with Crippen LogP contribution in [0.25, 0.3) is 0 Å². The zero-order valence-corrected chi connectivity index (χ0v) is 21.3. The molecule has 0 fully saturated rings. The van der Waals surface area contributed by atoms with Gasteiger partial charge >= 0.3 is 5.97 Å². The van der Waals surface area contributed by atoms with Gasteiger partial charge in [0, 0.05) is 19.1 Å². The summed E-state index contributed by atoms with van der Waals surface area (Å²) in [5.41, 5.74) is 3.38. The number of ether oxygens (including phenoxy) is 3. The average Bonchev–Trinajstić information content (AvgIpc) is 2.94. The Kier molecular flexibility index (Phi) is 11.9. The Morgan fingerprint density at radius 1 is 0.838 bits per heavy atom. The summed E-state index contributed by atoms with van der Waals surface area (Å²) < 4.78 is 16.2. The van der Waals surface area contributed by atoms with Gasteiger partial charge in [-0.2, -0.15) is 0 Å². The molecule has 37 heavy (non-hydrogen) atoms. The monoisotopic (exact) mass is 501 g/mol. The number of methoxy groups -OCH3 is 1. The quantitative estimate of drug-likeness (QED) is 0.179. The molecule has 3 aromatic carbocycles. The third-order valence-corrected chi connectivity index (χ3v) is 5.71. The van der Waals surface area contributed by atoms with Gasteiger partial charge < -0.3 is 19.5 Å².